The van der Waals surface area contributed by atoms with Crippen LogP contribution in [-0.2, 0) is 6.18 Å². The van der Waals surface area contributed by atoms with Gasteiger partial charge in [-0.2, -0.15) is 18.3 Å². The first-order valence-corrected chi connectivity index (χ1v) is 6.97. The van der Waals surface area contributed by atoms with Gasteiger partial charge in [-0.1, -0.05) is 0 Å². The number of methoxy groups -OCH3 is 1. The van der Waals surface area contributed by atoms with Crippen LogP contribution < -0.4 is 4.74 Å². The smallest absolute Gasteiger partial charge is 0.416 e. The molecule has 1 N–H and O–H groups in total. The SMILES string of the molecule is COc1ccc(C(=O)/C(=C\O)N=Nc2ccc(C(F)(F)F)cc2)cc1. The summed E-state index contributed by atoms with van der Waals surface area (Å²) in [5, 5.41) is 16.4. The van der Waals surface area contributed by atoms with Crippen molar-refractivity contribution in [2.75, 3.05) is 7.11 Å². The molecule has 25 heavy (non-hydrogen) atoms. The van der Waals surface area contributed by atoms with Crippen molar-refractivity contribution in [3.8, 4) is 5.75 Å². The van der Waals surface area contributed by atoms with Crippen molar-refractivity contribution in [2.24, 2.45) is 10.2 Å². The molecule has 0 atom stereocenters. The van der Waals surface area contributed by atoms with Crippen molar-refractivity contribution in [1.29, 1.82) is 0 Å². The van der Waals surface area contributed by atoms with Gasteiger partial charge in [0, 0.05) is 5.56 Å². The Morgan fingerprint density at radius 3 is 2.16 bits per heavy atom. The Kier molecular flexibility index (Phi) is 5.53. The fourth-order valence-corrected chi connectivity index (χ4v) is 1.85. The fourth-order valence-electron chi connectivity index (χ4n) is 1.85. The van der Waals surface area contributed by atoms with Crippen LogP contribution in [-0.4, -0.2) is 18.0 Å². The van der Waals surface area contributed by atoms with E-state index in [0.717, 1.165) is 24.3 Å². The van der Waals surface area contributed by atoms with E-state index in [4.69, 9.17) is 4.74 Å². The monoisotopic (exact) mass is 350 g/mol. The lowest BCUT2D eigenvalue weighted by molar-refractivity contribution is -0.137. The van der Waals surface area contributed by atoms with E-state index in [1.165, 1.54) is 19.2 Å². The van der Waals surface area contributed by atoms with Gasteiger partial charge in [0.1, 0.15) is 12.0 Å². The summed E-state index contributed by atoms with van der Waals surface area (Å²) in [6.07, 6.45) is -3.96. The van der Waals surface area contributed by atoms with Crippen LogP contribution in [0, 0.1) is 0 Å². The molecular formula is C17H13F3N2O3. The quantitative estimate of drug-likeness (QED) is 0.354. The molecule has 8 heteroatoms. The van der Waals surface area contributed by atoms with E-state index in [1.54, 1.807) is 12.1 Å². The van der Waals surface area contributed by atoms with Crippen molar-refractivity contribution in [3.63, 3.8) is 0 Å². The Morgan fingerprint density at radius 1 is 1.08 bits per heavy atom. The molecule has 0 aliphatic rings. The number of rotatable bonds is 5. The zero-order valence-electron chi connectivity index (χ0n) is 13.0. The predicted molar refractivity (Wildman–Crippen MR) is 84.0 cm³/mol. The molecule has 130 valence electrons. The molecule has 0 saturated heterocycles. The third-order valence-corrected chi connectivity index (χ3v) is 3.17. The van der Waals surface area contributed by atoms with Crippen LogP contribution in [0.1, 0.15) is 15.9 Å². The maximum Gasteiger partial charge on any atom is 0.416 e. The van der Waals surface area contributed by atoms with Crippen molar-refractivity contribution in [3.05, 3.63) is 71.6 Å². The van der Waals surface area contributed by atoms with Gasteiger partial charge in [0.2, 0.25) is 5.78 Å². The Bertz CT molecular complexity index is 795. The first-order chi connectivity index (χ1) is 11.8. The molecule has 0 aliphatic heterocycles. The molecule has 0 radical (unpaired) electrons. The summed E-state index contributed by atoms with van der Waals surface area (Å²) >= 11 is 0. The standard InChI is InChI=1S/C17H13F3N2O3/c1-25-14-8-2-11(3-9-14)16(24)15(10-23)22-21-13-6-4-12(5-7-13)17(18,19)20/h2-10,23H,1H3/b15-10+,22-21?. The second-order valence-electron chi connectivity index (χ2n) is 4.82. The normalized spacial score (nSPS) is 12.4. The number of aliphatic hydroxyl groups excluding tert-OH is 1. The van der Waals surface area contributed by atoms with E-state index in [-0.39, 0.29) is 16.9 Å². The number of alkyl halides is 3. The van der Waals surface area contributed by atoms with E-state index in [1.807, 2.05) is 0 Å². The summed E-state index contributed by atoms with van der Waals surface area (Å²) in [4.78, 5) is 12.2. The minimum atomic E-state index is -4.45. The van der Waals surface area contributed by atoms with Crippen LogP contribution in [0.4, 0.5) is 18.9 Å². The number of azo groups is 1. The van der Waals surface area contributed by atoms with Gasteiger partial charge in [0.05, 0.1) is 18.4 Å². The number of halogens is 3. The topological polar surface area (TPSA) is 71.2 Å². The van der Waals surface area contributed by atoms with Gasteiger partial charge in [-0.3, -0.25) is 4.79 Å². The largest absolute Gasteiger partial charge is 0.513 e. The van der Waals surface area contributed by atoms with E-state index in [9.17, 15) is 23.1 Å². The molecule has 2 aromatic rings. The summed E-state index contributed by atoms with van der Waals surface area (Å²) in [6, 6.07) is 10.0. The summed E-state index contributed by atoms with van der Waals surface area (Å²) in [5.41, 5.74) is -0.828. The first-order valence-electron chi connectivity index (χ1n) is 6.97. The molecule has 0 fully saturated rings. The van der Waals surface area contributed by atoms with Crippen molar-refractivity contribution in [2.45, 2.75) is 6.18 Å². The lowest BCUT2D eigenvalue weighted by Gasteiger charge is -2.05. The molecule has 0 amide bonds. The first kappa shape index (κ1) is 18.2. The number of ether oxygens (including phenoxy) is 1. The van der Waals surface area contributed by atoms with Crippen LogP contribution in [0.3, 0.4) is 0 Å². The molecule has 0 bridgehead atoms. The molecular weight excluding hydrogens is 337 g/mol. The number of benzene rings is 2. The van der Waals surface area contributed by atoms with Crippen LogP contribution >= 0.6 is 0 Å². The van der Waals surface area contributed by atoms with Crippen LogP contribution in [0.15, 0.2) is 70.7 Å². The van der Waals surface area contributed by atoms with Gasteiger partial charge in [0.15, 0.2) is 5.70 Å². The maximum absolute atomic E-state index is 12.5. The van der Waals surface area contributed by atoms with Crippen molar-refractivity contribution < 1.29 is 27.8 Å². The fraction of sp³-hybridized carbons (Fsp3) is 0.118. The Morgan fingerprint density at radius 2 is 1.68 bits per heavy atom. The lowest BCUT2D eigenvalue weighted by atomic mass is 10.1. The molecule has 0 spiro atoms. The van der Waals surface area contributed by atoms with E-state index >= 15 is 0 Å². The molecule has 0 aromatic heterocycles. The Balaban J connectivity index is 2.15. The van der Waals surface area contributed by atoms with E-state index < -0.39 is 17.5 Å². The zero-order valence-corrected chi connectivity index (χ0v) is 13.0. The highest BCUT2D eigenvalue weighted by Gasteiger charge is 2.29. The number of carbonyl (C=O) groups is 1. The van der Waals surface area contributed by atoms with Crippen molar-refractivity contribution >= 4 is 11.5 Å². The second kappa shape index (κ2) is 7.61. The van der Waals surface area contributed by atoms with Crippen LogP contribution in [0.2, 0.25) is 0 Å². The molecule has 2 rings (SSSR count). The van der Waals surface area contributed by atoms with Gasteiger partial charge in [-0.15, -0.1) is 5.11 Å². The summed E-state index contributed by atoms with van der Waals surface area (Å²) < 4.78 is 42.4. The van der Waals surface area contributed by atoms with Crippen LogP contribution in [0.25, 0.3) is 0 Å². The van der Waals surface area contributed by atoms with Crippen LogP contribution in [0.5, 0.6) is 5.75 Å². The number of Topliss-reactive ketones (excluding diaryl/α,β-unsaturated/α-hetero) is 1. The third kappa shape index (κ3) is 4.66. The number of hydrogen-bond donors (Lipinski definition) is 1. The molecule has 0 unspecified atom stereocenters. The molecule has 0 aliphatic carbocycles. The van der Waals surface area contributed by atoms with E-state index in [2.05, 4.69) is 10.2 Å². The Labute approximate surface area is 141 Å². The zero-order chi connectivity index (χ0) is 18.4. The maximum atomic E-state index is 12.5. The number of allylic oxidation sites excluding steroid dienone is 1. The average Bonchev–Trinajstić information content (AvgIpc) is 2.61. The summed E-state index contributed by atoms with van der Waals surface area (Å²) in [5.74, 6) is -0.0433. The van der Waals surface area contributed by atoms with Crippen molar-refractivity contribution in [1.82, 2.24) is 0 Å². The second-order valence-corrected chi connectivity index (χ2v) is 4.82. The summed E-state index contributed by atoms with van der Waals surface area (Å²) in [6.45, 7) is 0. The Hall–Kier alpha value is -3.16. The number of nitrogens with zero attached hydrogens (tertiary/aromatic N) is 2. The lowest BCUT2D eigenvalue weighted by Crippen LogP contribution is -2.03. The average molecular weight is 350 g/mol. The van der Waals surface area contributed by atoms with Gasteiger partial charge in [-0.25, -0.2) is 0 Å². The third-order valence-electron chi connectivity index (χ3n) is 3.17. The number of carbonyl (C=O) groups excluding carboxylic acids is 1. The highest BCUT2D eigenvalue weighted by Crippen LogP contribution is 2.30. The minimum absolute atomic E-state index is 0.106. The molecule has 2 aromatic carbocycles. The number of hydrogen-bond acceptors (Lipinski definition) is 5. The number of ketones is 1. The highest BCUT2D eigenvalue weighted by molar-refractivity contribution is 6.08. The van der Waals surface area contributed by atoms with E-state index in [0.29, 0.717) is 12.0 Å². The molecule has 0 heterocycles. The predicted octanol–water partition coefficient (Wildman–Crippen LogP) is 5.08. The summed E-state index contributed by atoms with van der Waals surface area (Å²) in [7, 11) is 1.48. The molecule has 5 nitrogen and oxygen atoms in total. The number of aliphatic hydroxyl groups is 1. The van der Waals surface area contributed by atoms with Gasteiger partial charge < -0.3 is 9.84 Å². The van der Waals surface area contributed by atoms with Gasteiger partial charge >= 0.3 is 6.18 Å². The minimum Gasteiger partial charge on any atom is -0.513 e. The highest BCUT2D eigenvalue weighted by atomic mass is 19.4. The molecule has 0 saturated carbocycles. The van der Waals surface area contributed by atoms with Gasteiger partial charge in [-0.05, 0) is 48.5 Å². The van der Waals surface area contributed by atoms with Gasteiger partial charge in [0.25, 0.3) is 0 Å².